The number of benzene rings is 2. The van der Waals surface area contributed by atoms with Crippen molar-refractivity contribution in [2.24, 2.45) is 0 Å². The van der Waals surface area contributed by atoms with Gasteiger partial charge >= 0.3 is 0 Å². The van der Waals surface area contributed by atoms with Crippen molar-refractivity contribution >= 4 is 21.6 Å². The lowest BCUT2D eigenvalue weighted by molar-refractivity contribution is 0.406. The Bertz CT molecular complexity index is 846. The van der Waals surface area contributed by atoms with Crippen LogP contribution in [0.15, 0.2) is 41.3 Å². The first-order valence-electron chi connectivity index (χ1n) is 8.06. The maximum Gasteiger partial charge on any atom is 0.243 e. The van der Waals surface area contributed by atoms with Gasteiger partial charge in [-0.25, -0.2) is 8.42 Å². The van der Waals surface area contributed by atoms with Crippen molar-refractivity contribution < 1.29 is 13.2 Å². The fourth-order valence-electron chi connectivity index (χ4n) is 2.68. The van der Waals surface area contributed by atoms with Gasteiger partial charge in [-0.15, -0.1) is 0 Å². The second kappa shape index (κ2) is 7.77. The third-order valence-electron chi connectivity index (χ3n) is 4.16. The average Bonchev–Trinajstić information content (AvgIpc) is 2.55. The molecule has 0 atom stereocenters. The Morgan fingerprint density at radius 2 is 1.76 bits per heavy atom. The topological polar surface area (TPSA) is 46.6 Å². The number of ether oxygens (including phenoxy) is 1. The highest BCUT2D eigenvalue weighted by Crippen LogP contribution is 2.32. The van der Waals surface area contributed by atoms with Gasteiger partial charge < -0.3 is 4.74 Å². The molecule has 25 heavy (non-hydrogen) atoms. The number of halogens is 1. The summed E-state index contributed by atoms with van der Waals surface area (Å²) >= 11 is 5.89. The maximum atomic E-state index is 13.1. The zero-order chi connectivity index (χ0) is 18.8. The van der Waals surface area contributed by atoms with Gasteiger partial charge in [0, 0.05) is 18.6 Å². The number of hydrogen-bond donors (Lipinski definition) is 0. The first-order chi connectivity index (χ1) is 11.7. The number of hydrogen-bond acceptors (Lipinski definition) is 3. The van der Waals surface area contributed by atoms with E-state index in [-0.39, 0.29) is 12.5 Å². The van der Waals surface area contributed by atoms with Crippen LogP contribution < -0.4 is 4.74 Å². The lowest BCUT2D eigenvalue weighted by Gasteiger charge is -2.21. The molecule has 0 bridgehead atoms. The van der Waals surface area contributed by atoms with Crippen molar-refractivity contribution in [3.05, 3.63) is 58.1 Å². The third-order valence-corrected chi connectivity index (χ3v) is 6.35. The van der Waals surface area contributed by atoms with Gasteiger partial charge in [0.2, 0.25) is 10.0 Å². The van der Waals surface area contributed by atoms with Crippen LogP contribution in [-0.2, 0) is 16.6 Å². The molecule has 0 N–H and O–H groups in total. The lowest BCUT2D eigenvalue weighted by Crippen LogP contribution is -2.27. The Hall–Kier alpha value is -1.56. The van der Waals surface area contributed by atoms with E-state index in [1.165, 1.54) is 4.31 Å². The summed E-state index contributed by atoms with van der Waals surface area (Å²) in [6.45, 7) is 6.10. The van der Waals surface area contributed by atoms with E-state index >= 15 is 0 Å². The second-order valence-electron chi connectivity index (χ2n) is 6.40. The first kappa shape index (κ1) is 19.8. The van der Waals surface area contributed by atoms with Crippen LogP contribution in [-0.4, -0.2) is 26.9 Å². The zero-order valence-corrected chi connectivity index (χ0v) is 16.8. The van der Waals surface area contributed by atoms with Crippen LogP contribution in [0.5, 0.6) is 5.75 Å². The van der Waals surface area contributed by atoms with Crippen LogP contribution in [0.25, 0.3) is 0 Å². The zero-order valence-electron chi connectivity index (χ0n) is 15.2. The number of nitrogens with zero attached hydrogens (tertiary/aromatic N) is 1. The van der Waals surface area contributed by atoms with Crippen molar-refractivity contribution in [2.75, 3.05) is 14.2 Å². The quantitative estimate of drug-likeness (QED) is 0.734. The molecule has 0 aliphatic heterocycles. The molecule has 2 rings (SSSR count). The highest BCUT2D eigenvalue weighted by atomic mass is 35.5. The predicted octanol–water partition coefficient (Wildman–Crippen LogP) is 4.60. The summed E-state index contributed by atoms with van der Waals surface area (Å²) in [6.07, 6.45) is 0. The molecule has 0 saturated carbocycles. The summed E-state index contributed by atoms with van der Waals surface area (Å²) in [7, 11) is -0.430. The van der Waals surface area contributed by atoms with Gasteiger partial charge in [-0.3, -0.25) is 0 Å². The summed E-state index contributed by atoms with van der Waals surface area (Å²) in [6, 6.07) is 10.7. The molecule has 2 aromatic rings. The van der Waals surface area contributed by atoms with Crippen molar-refractivity contribution in [2.45, 2.75) is 38.1 Å². The largest absolute Gasteiger partial charge is 0.496 e. The van der Waals surface area contributed by atoms with E-state index in [0.29, 0.717) is 21.2 Å². The highest BCUT2D eigenvalue weighted by molar-refractivity contribution is 7.89. The normalized spacial score (nSPS) is 12.0. The molecule has 0 spiro atoms. The first-order valence-corrected chi connectivity index (χ1v) is 9.88. The summed E-state index contributed by atoms with van der Waals surface area (Å²) in [5, 5.41) is 0.627. The Balaban J connectivity index is 2.41. The van der Waals surface area contributed by atoms with E-state index in [4.69, 9.17) is 16.3 Å². The van der Waals surface area contributed by atoms with Gasteiger partial charge in [-0.1, -0.05) is 37.6 Å². The summed E-state index contributed by atoms with van der Waals surface area (Å²) in [5.41, 5.74) is 2.43. The van der Waals surface area contributed by atoms with Crippen LogP contribution >= 0.6 is 11.6 Å². The lowest BCUT2D eigenvalue weighted by atomic mass is 10.0. The molecule has 0 aromatic heterocycles. The molecule has 0 fully saturated rings. The Morgan fingerprint density at radius 3 is 2.28 bits per heavy atom. The SMILES string of the molecule is COc1cc(C)c(S(=O)(=O)N(C)Cc2ccc(Cl)cc2)cc1C(C)C. The number of rotatable bonds is 6. The van der Waals surface area contributed by atoms with Gasteiger partial charge in [0.15, 0.2) is 0 Å². The summed E-state index contributed by atoms with van der Waals surface area (Å²) in [5.74, 6) is 0.873. The molecule has 6 heteroatoms. The van der Waals surface area contributed by atoms with Crippen molar-refractivity contribution in [3.63, 3.8) is 0 Å². The molecule has 0 saturated heterocycles. The van der Waals surface area contributed by atoms with E-state index in [1.807, 2.05) is 26.0 Å². The molecule has 4 nitrogen and oxygen atoms in total. The number of aryl methyl sites for hydroxylation is 1. The molecule has 0 aliphatic rings. The van der Waals surface area contributed by atoms with Crippen molar-refractivity contribution in [1.29, 1.82) is 0 Å². The molecule has 0 radical (unpaired) electrons. The van der Waals surface area contributed by atoms with E-state index in [9.17, 15) is 8.42 Å². The van der Waals surface area contributed by atoms with E-state index in [1.54, 1.807) is 45.3 Å². The maximum absolute atomic E-state index is 13.1. The van der Waals surface area contributed by atoms with Crippen LogP contribution in [0.2, 0.25) is 5.02 Å². The fourth-order valence-corrected chi connectivity index (χ4v) is 4.21. The molecule has 0 aliphatic carbocycles. The molecular formula is C19H24ClNO3S. The molecule has 2 aromatic carbocycles. The number of sulfonamides is 1. The standard InChI is InChI=1S/C19H24ClNO3S/c1-13(2)17-11-19(14(3)10-18(17)24-5)25(22,23)21(4)12-15-6-8-16(20)9-7-15/h6-11,13H,12H2,1-5H3. The van der Waals surface area contributed by atoms with E-state index in [0.717, 1.165) is 11.1 Å². The third kappa shape index (κ3) is 4.35. The van der Waals surface area contributed by atoms with Crippen molar-refractivity contribution in [3.8, 4) is 5.75 Å². The van der Waals surface area contributed by atoms with Crippen LogP contribution in [0.1, 0.15) is 36.5 Å². The van der Waals surface area contributed by atoms with E-state index in [2.05, 4.69) is 0 Å². The summed E-state index contributed by atoms with van der Waals surface area (Å²) < 4.78 is 32.9. The van der Waals surface area contributed by atoms with Gasteiger partial charge in [-0.2, -0.15) is 4.31 Å². The smallest absolute Gasteiger partial charge is 0.243 e. The van der Waals surface area contributed by atoms with Gasteiger partial charge in [-0.05, 0) is 53.8 Å². The number of methoxy groups -OCH3 is 1. The molecule has 0 heterocycles. The van der Waals surface area contributed by atoms with Crippen LogP contribution in [0.3, 0.4) is 0 Å². The van der Waals surface area contributed by atoms with Crippen LogP contribution in [0, 0.1) is 6.92 Å². The Morgan fingerprint density at radius 1 is 1.16 bits per heavy atom. The minimum absolute atomic E-state index is 0.158. The monoisotopic (exact) mass is 381 g/mol. The average molecular weight is 382 g/mol. The van der Waals surface area contributed by atoms with Gasteiger partial charge in [0.05, 0.1) is 12.0 Å². The summed E-state index contributed by atoms with van der Waals surface area (Å²) in [4.78, 5) is 0.313. The minimum atomic E-state index is -3.61. The van der Waals surface area contributed by atoms with Gasteiger partial charge in [0.25, 0.3) is 0 Å². The minimum Gasteiger partial charge on any atom is -0.496 e. The van der Waals surface area contributed by atoms with E-state index < -0.39 is 10.0 Å². The predicted molar refractivity (Wildman–Crippen MR) is 102 cm³/mol. The molecular weight excluding hydrogens is 358 g/mol. The fraction of sp³-hybridized carbons (Fsp3) is 0.368. The van der Waals surface area contributed by atoms with Crippen molar-refractivity contribution in [1.82, 2.24) is 4.31 Å². The molecule has 136 valence electrons. The molecule has 0 unspecified atom stereocenters. The Labute approximate surface area is 155 Å². The van der Waals surface area contributed by atoms with Gasteiger partial charge in [0.1, 0.15) is 5.75 Å². The highest BCUT2D eigenvalue weighted by Gasteiger charge is 2.25. The Kier molecular flexibility index (Phi) is 6.14. The molecule has 0 amide bonds. The second-order valence-corrected chi connectivity index (χ2v) is 8.85. The van der Waals surface area contributed by atoms with Crippen LogP contribution in [0.4, 0.5) is 0 Å².